The number of furan rings is 1. The smallest absolute Gasteiger partial charge is 0.313 e. The molecule has 3 aromatic rings. The molecule has 0 spiro atoms. The molecule has 27 heavy (non-hydrogen) atoms. The van der Waals surface area contributed by atoms with Crippen LogP contribution in [0.1, 0.15) is 5.56 Å². The molecule has 140 valence electrons. The van der Waals surface area contributed by atoms with Crippen molar-refractivity contribution in [1.29, 1.82) is 0 Å². The fourth-order valence-corrected chi connectivity index (χ4v) is 2.78. The summed E-state index contributed by atoms with van der Waals surface area (Å²) >= 11 is 1.03. The Morgan fingerprint density at radius 2 is 2.15 bits per heavy atom. The fraction of sp³-hybridized carbons (Fsp3) is 0.176. The normalized spacial score (nSPS) is 11.0. The average Bonchev–Trinajstić information content (AvgIpc) is 3.33. The number of H-pyrrole nitrogens is 1. The number of carboxylic acids is 1. The zero-order valence-electron chi connectivity index (χ0n) is 14.5. The molecule has 0 amide bonds. The summed E-state index contributed by atoms with van der Waals surface area (Å²) in [6, 6.07) is 9.10. The van der Waals surface area contributed by atoms with Crippen molar-refractivity contribution in [2.75, 3.05) is 20.0 Å². The molecule has 0 aliphatic heterocycles. The SMILES string of the molecule is CO/N=C/c1cc(-c2ccc(-c3nc(SCC(=O)O)n[nH]3)o2)ccc1OC. The highest BCUT2D eigenvalue weighted by Gasteiger charge is 2.13. The van der Waals surface area contributed by atoms with E-state index in [0.717, 1.165) is 22.9 Å². The molecule has 0 aliphatic rings. The lowest BCUT2D eigenvalue weighted by atomic mass is 10.1. The van der Waals surface area contributed by atoms with Gasteiger partial charge in [-0.05, 0) is 30.3 Å². The van der Waals surface area contributed by atoms with Gasteiger partial charge in [0, 0.05) is 11.1 Å². The molecule has 2 N–H and O–H groups in total. The highest BCUT2D eigenvalue weighted by Crippen LogP contribution is 2.30. The van der Waals surface area contributed by atoms with Crippen LogP contribution in [0.25, 0.3) is 22.9 Å². The number of oxime groups is 1. The molecule has 0 bridgehead atoms. The summed E-state index contributed by atoms with van der Waals surface area (Å²) in [6.07, 6.45) is 1.55. The number of hydrogen-bond donors (Lipinski definition) is 2. The van der Waals surface area contributed by atoms with Gasteiger partial charge in [-0.3, -0.25) is 9.89 Å². The van der Waals surface area contributed by atoms with E-state index < -0.39 is 5.97 Å². The van der Waals surface area contributed by atoms with Crippen LogP contribution < -0.4 is 4.74 Å². The summed E-state index contributed by atoms with van der Waals surface area (Å²) in [5.74, 6) is 1.14. The minimum atomic E-state index is -0.932. The maximum atomic E-state index is 10.6. The molecule has 0 radical (unpaired) electrons. The highest BCUT2D eigenvalue weighted by atomic mass is 32.2. The van der Waals surface area contributed by atoms with Crippen molar-refractivity contribution < 1.29 is 23.9 Å². The van der Waals surface area contributed by atoms with E-state index >= 15 is 0 Å². The molecule has 0 atom stereocenters. The second-order valence-corrected chi connectivity index (χ2v) is 6.13. The number of thioether (sulfide) groups is 1. The van der Waals surface area contributed by atoms with E-state index in [4.69, 9.17) is 19.1 Å². The predicted molar refractivity (Wildman–Crippen MR) is 99.0 cm³/mol. The van der Waals surface area contributed by atoms with Gasteiger partial charge in [0.05, 0.1) is 19.1 Å². The molecule has 2 heterocycles. The fourth-order valence-electron chi connectivity index (χ4n) is 2.27. The highest BCUT2D eigenvalue weighted by molar-refractivity contribution is 7.99. The molecule has 10 heteroatoms. The molecule has 1 aromatic carbocycles. The van der Waals surface area contributed by atoms with E-state index in [-0.39, 0.29) is 5.75 Å². The van der Waals surface area contributed by atoms with E-state index in [1.165, 1.54) is 7.11 Å². The van der Waals surface area contributed by atoms with Crippen LogP contribution in [0.4, 0.5) is 0 Å². The third-order valence-corrected chi connectivity index (χ3v) is 4.27. The quantitative estimate of drug-likeness (QED) is 0.343. The first kappa shape index (κ1) is 18.5. The number of aromatic amines is 1. The number of ether oxygens (including phenoxy) is 1. The number of nitrogens with zero attached hydrogens (tertiary/aromatic N) is 3. The summed E-state index contributed by atoms with van der Waals surface area (Å²) in [5.41, 5.74) is 1.56. The molecule has 2 aromatic heterocycles. The first-order valence-electron chi connectivity index (χ1n) is 7.73. The van der Waals surface area contributed by atoms with Crippen LogP contribution in [-0.4, -0.2) is 52.4 Å². The Morgan fingerprint density at radius 1 is 1.33 bits per heavy atom. The molecule has 9 nitrogen and oxygen atoms in total. The number of nitrogens with one attached hydrogen (secondary N) is 1. The maximum Gasteiger partial charge on any atom is 0.313 e. The topological polar surface area (TPSA) is 123 Å². The summed E-state index contributed by atoms with van der Waals surface area (Å²) in [6.45, 7) is 0. The second-order valence-electron chi connectivity index (χ2n) is 5.19. The first-order valence-corrected chi connectivity index (χ1v) is 8.71. The number of aromatic nitrogens is 3. The number of methoxy groups -OCH3 is 1. The van der Waals surface area contributed by atoms with Gasteiger partial charge in [0.15, 0.2) is 11.6 Å². The van der Waals surface area contributed by atoms with Crippen LogP contribution in [0.3, 0.4) is 0 Å². The van der Waals surface area contributed by atoms with Gasteiger partial charge >= 0.3 is 5.97 Å². The number of carbonyl (C=O) groups is 1. The van der Waals surface area contributed by atoms with Crippen LogP contribution in [0.5, 0.6) is 5.75 Å². The van der Waals surface area contributed by atoms with E-state index in [1.807, 2.05) is 18.2 Å². The summed E-state index contributed by atoms with van der Waals surface area (Å²) in [7, 11) is 3.04. The van der Waals surface area contributed by atoms with E-state index in [2.05, 4.69) is 20.3 Å². The Balaban J connectivity index is 1.83. The Bertz CT molecular complexity index is 966. The minimum absolute atomic E-state index is 0.113. The summed E-state index contributed by atoms with van der Waals surface area (Å²) in [4.78, 5) is 19.6. The van der Waals surface area contributed by atoms with Gasteiger partial charge < -0.3 is 19.1 Å². The van der Waals surface area contributed by atoms with Gasteiger partial charge in [0.25, 0.3) is 0 Å². The third-order valence-electron chi connectivity index (χ3n) is 3.44. The summed E-state index contributed by atoms with van der Waals surface area (Å²) in [5, 5.41) is 19.5. The molecule has 0 saturated carbocycles. The van der Waals surface area contributed by atoms with Gasteiger partial charge in [-0.1, -0.05) is 16.9 Å². The van der Waals surface area contributed by atoms with Crippen LogP contribution in [0.2, 0.25) is 0 Å². The van der Waals surface area contributed by atoms with Gasteiger partial charge in [-0.15, -0.1) is 5.10 Å². The van der Waals surface area contributed by atoms with Crippen molar-refractivity contribution in [3.63, 3.8) is 0 Å². The molecule has 0 saturated heterocycles. The van der Waals surface area contributed by atoms with Gasteiger partial charge in [0.1, 0.15) is 18.6 Å². The van der Waals surface area contributed by atoms with Crippen molar-refractivity contribution in [1.82, 2.24) is 15.2 Å². The first-order chi connectivity index (χ1) is 13.1. The molecule has 0 aliphatic carbocycles. The van der Waals surface area contributed by atoms with E-state index in [9.17, 15) is 4.79 Å². The molecule has 3 rings (SSSR count). The van der Waals surface area contributed by atoms with Crippen molar-refractivity contribution >= 4 is 23.9 Å². The molecular weight excluding hydrogens is 372 g/mol. The Kier molecular flexibility index (Phi) is 5.77. The average molecular weight is 388 g/mol. The van der Waals surface area contributed by atoms with Crippen LogP contribution in [0.15, 0.2) is 45.1 Å². The van der Waals surface area contributed by atoms with Crippen molar-refractivity contribution in [2.24, 2.45) is 5.16 Å². The Labute approximate surface area is 158 Å². The zero-order chi connectivity index (χ0) is 19.2. The lowest BCUT2D eigenvalue weighted by Gasteiger charge is -2.06. The minimum Gasteiger partial charge on any atom is -0.496 e. The Hall–Kier alpha value is -3.27. The van der Waals surface area contributed by atoms with Crippen molar-refractivity contribution in [2.45, 2.75) is 5.16 Å². The molecule has 0 fully saturated rings. The number of benzene rings is 1. The molecular formula is C17H16N4O5S. The number of hydrogen-bond acceptors (Lipinski definition) is 8. The van der Waals surface area contributed by atoms with Gasteiger partial charge in [-0.2, -0.15) is 4.98 Å². The van der Waals surface area contributed by atoms with Crippen LogP contribution in [-0.2, 0) is 9.63 Å². The summed E-state index contributed by atoms with van der Waals surface area (Å²) < 4.78 is 11.2. The zero-order valence-corrected chi connectivity index (χ0v) is 15.3. The third kappa shape index (κ3) is 4.47. The van der Waals surface area contributed by atoms with Gasteiger partial charge in [-0.25, -0.2) is 0 Å². The Morgan fingerprint density at radius 3 is 2.89 bits per heavy atom. The standard InChI is InChI=1S/C17H16N4O5S/c1-24-12-4-3-10(7-11(12)8-18-25-2)13-5-6-14(26-13)16-19-17(21-20-16)27-9-15(22)23/h3-8H,9H2,1-2H3,(H,22,23)(H,19,20,21)/b18-8+. The maximum absolute atomic E-state index is 10.6. The molecule has 0 unspecified atom stereocenters. The number of carboxylic acid groups (broad SMARTS) is 1. The lowest BCUT2D eigenvalue weighted by Crippen LogP contribution is -1.97. The van der Waals surface area contributed by atoms with E-state index in [1.54, 1.807) is 25.5 Å². The number of rotatable bonds is 8. The monoisotopic (exact) mass is 388 g/mol. The van der Waals surface area contributed by atoms with Crippen LogP contribution in [0, 0.1) is 0 Å². The largest absolute Gasteiger partial charge is 0.496 e. The lowest BCUT2D eigenvalue weighted by molar-refractivity contribution is -0.133. The predicted octanol–water partition coefficient (Wildman–Crippen LogP) is 2.90. The van der Waals surface area contributed by atoms with Crippen LogP contribution >= 0.6 is 11.8 Å². The van der Waals surface area contributed by atoms with Crippen molar-refractivity contribution in [3.05, 3.63) is 35.9 Å². The second kappa shape index (κ2) is 8.41. The number of aliphatic carboxylic acids is 1. The van der Waals surface area contributed by atoms with E-state index in [0.29, 0.717) is 28.3 Å². The van der Waals surface area contributed by atoms with Gasteiger partial charge in [0.2, 0.25) is 5.16 Å². The van der Waals surface area contributed by atoms with Crippen molar-refractivity contribution in [3.8, 4) is 28.7 Å².